The van der Waals surface area contributed by atoms with Crippen molar-refractivity contribution in [3.63, 3.8) is 0 Å². The van der Waals surface area contributed by atoms with Crippen LogP contribution in [0.5, 0.6) is 0 Å². The number of imide groups is 1. The van der Waals surface area contributed by atoms with Gasteiger partial charge >= 0.3 is 5.97 Å². The predicted molar refractivity (Wildman–Crippen MR) is 80.6 cm³/mol. The lowest BCUT2D eigenvalue weighted by Crippen LogP contribution is -2.35. The van der Waals surface area contributed by atoms with Gasteiger partial charge in [0, 0.05) is 18.1 Å². The van der Waals surface area contributed by atoms with Crippen molar-refractivity contribution in [3.8, 4) is 0 Å². The third-order valence-corrected chi connectivity index (χ3v) is 3.99. The Hall–Kier alpha value is -1.73. The Labute approximate surface area is 130 Å². The lowest BCUT2D eigenvalue weighted by Gasteiger charge is -2.13. The van der Waals surface area contributed by atoms with Crippen LogP contribution in [0.25, 0.3) is 0 Å². The van der Waals surface area contributed by atoms with Gasteiger partial charge in [0.15, 0.2) is 5.37 Å². The molecular weight excluding hydrogens is 316 g/mol. The molecular formula is C13H13ClN2O4S. The molecule has 0 unspecified atom stereocenters. The quantitative estimate of drug-likeness (QED) is 0.659. The first-order valence-corrected chi connectivity index (χ1v) is 7.51. The fourth-order valence-corrected chi connectivity index (χ4v) is 2.90. The largest absolute Gasteiger partial charge is 0.465 e. The summed E-state index contributed by atoms with van der Waals surface area (Å²) < 4.78 is 4.60. The first-order valence-electron chi connectivity index (χ1n) is 6.09. The highest BCUT2D eigenvalue weighted by Gasteiger charge is 2.39. The van der Waals surface area contributed by atoms with Gasteiger partial charge in [-0.1, -0.05) is 0 Å². The maximum absolute atomic E-state index is 12.0. The van der Waals surface area contributed by atoms with Crippen molar-refractivity contribution in [1.29, 1.82) is 0 Å². The van der Waals surface area contributed by atoms with Crippen molar-refractivity contribution in [2.24, 2.45) is 0 Å². The molecule has 2 rings (SSSR count). The predicted octanol–water partition coefficient (Wildman–Crippen LogP) is 2.15. The number of carbonyl (C=O) groups excluding carboxylic acids is 3. The molecule has 2 amide bonds. The maximum atomic E-state index is 12.0. The van der Waals surface area contributed by atoms with E-state index in [1.165, 1.54) is 7.11 Å². The number of ether oxygens (including phenoxy) is 1. The van der Waals surface area contributed by atoms with Gasteiger partial charge in [0.05, 0.1) is 12.7 Å². The third kappa shape index (κ3) is 3.48. The Bertz CT molecular complexity index is 564. The van der Waals surface area contributed by atoms with Gasteiger partial charge in [0.25, 0.3) is 11.1 Å². The number of thioether (sulfide) groups is 1. The smallest absolute Gasteiger partial charge is 0.337 e. The number of hydrogen-bond acceptors (Lipinski definition) is 6. The molecule has 112 valence electrons. The van der Waals surface area contributed by atoms with Gasteiger partial charge in [0.2, 0.25) is 0 Å². The normalized spacial score (nSPS) is 18.0. The molecule has 6 nitrogen and oxygen atoms in total. The van der Waals surface area contributed by atoms with E-state index < -0.39 is 11.3 Å². The second-order valence-corrected chi connectivity index (χ2v) is 5.59. The van der Waals surface area contributed by atoms with Crippen LogP contribution in [0, 0.1) is 0 Å². The molecule has 0 saturated carbocycles. The topological polar surface area (TPSA) is 75.7 Å². The molecule has 0 aliphatic carbocycles. The van der Waals surface area contributed by atoms with Crippen molar-refractivity contribution in [2.75, 3.05) is 24.9 Å². The number of amides is 2. The van der Waals surface area contributed by atoms with E-state index >= 15 is 0 Å². The summed E-state index contributed by atoms with van der Waals surface area (Å²) >= 11 is 6.47. The number of methoxy groups -OCH3 is 1. The molecule has 1 atom stereocenters. The molecule has 0 spiro atoms. The Balaban J connectivity index is 2.04. The lowest BCUT2D eigenvalue weighted by atomic mass is 10.2. The van der Waals surface area contributed by atoms with Crippen molar-refractivity contribution in [2.45, 2.75) is 5.37 Å². The molecule has 1 aliphatic heterocycles. The average molecular weight is 329 g/mol. The minimum Gasteiger partial charge on any atom is -0.465 e. The summed E-state index contributed by atoms with van der Waals surface area (Å²) in [5.41, 5.74) is 1.04. The molecule has 1 heterocycles. The molecule has 1 aromatic rings. The summed E-state index contributed by atoms with van der Waals surface area (Å²) in [6.07, 6.45) is 0. The SMILES string of the molecule is COC(=O)c1ccc(N[C@@H]2SC(=O)N(CCCl)C2=O)cc1. The molecule has 1 aromatic carbocycles. The van der Waals surface area contributed by atoms with E-state index in [0.717, 1.165) is 16.7 Å². The van der Waals surface area contributed by atoms with Crippen molar-refractivity contribution < 1.29 is 19.1 Å². The monoisotopic (exact) mass is 328 g/mol. The summed E-state index contributed by atoms with van der Waals surface area (Å²) in [6.45, 7) is 0.200. The van der Waals surface area contributed by atoms with E-state index in [1.807, 2.05) is 0 Å². The summed E-state index contributed by atoms with van der Waals surface area (Å²) in [6, 6.07) is 6.46. The highest BCUT2D eigenvalue weighted by Crippen LogP contribution is 2.28. The molecule has 1 aliphatic rings. The zero-order chi connectivity index (χ0) is 15.4. The van der Waals surface area contributed by atoms with Crippen molar-refractivity contribution in [3.05, 3.63) is 29.8 Å². The summed E-state index contributed by atoms with van der Waals surface area (Å²) in [5.74, 6) is -0.544. The summed E-state index contributed by atoms with van der Waals surface area (Å²) in [4.78, 5) is 36.1. The Morgan fingerprint density at radius 3 is 2.62 bits per heavy atom. The number of hydrogen-bond donors (Lipinski definition) is 1. The Morgan fingerprint density at radius 1 is 1.38 bits per heavy atom. The number of carbonyl (C=O) groups is 3. The fourth-order valence-electron chi connectivity index (χ4n) is 1.80. The van der Waals surface area contributed by atoms with E-state index in [9.17, 15) is 14.4 Å². The third-order valence-electron chi connectivity index (χ3n) is 2.84. The van der Waals surface area contributed by atoms with Gasteiger partial charge in [-0.3, -0.25) is 14.5 Å². The number of rotatable bonds is 5. The minimum absolute atomic E-state index is 0.200. The molecule has 1 saturated heterocycles. The van der Waals surface area contributed by atoms with Gasteiger partial charge in [0.1, 0.15) is 0 Å². The van der Waals surface area contributed by atoms with Crippen LogP contribution in [0.2, 0.25) is 0 Å². The second-order valence-electron chi connectivity index (χ2n) is 4.16. The van der Waals surface area contributed by atoms with E-state index in [-0.39, 0.29) is 23.6 Å². The minimum atomic E-state index is -0.676. The first-order chi connectivity index (χ1) is 10.1. The van der Waals surface area contributed by atoms with Crippen LogP contribution in [-0.2, 0) is 9.53 Å². The molecule has 21 heavy (non-hydrogen) atoms. The highest BCUT2D eigenvalue weighted by molar-refractivity contribution is 8.15. The van der Waals surface area contributed by atoms with E-state index in [4.69, 9.17) is 11.6 Å². The average Bonchev–Trinajstić information content (AvgIpc) is 2.75. The van der Waals surface area contributed by atoms with Gasteiger partial charge in [-0.15, -0.1) is 11.6 Å². The maximum Gasteiger partial charge on any atom is 0.337 e. The zero-order valence-electron chi connectivity index (χ0n) is 11.2. The number of benzene rings is 1. The van der Waals surface area contributed by atoms with Crippen LogP contribution in [0.3, 0.4) is 0 Å². The van der Waals surface area contributed by atoms with Crippen molar-refractivity contribution in [1.82, 2.24) is 4.90 Å². The van der Waals surface area contributed by atoms with Crippen LogP contribution in [0.4, 0.5) is 10.5 Å². The number of nitrogens with zero attached hydrogens (tertiary/aromatic N) is 1. The van der Waals surface area contributed by atoms with E-state index in [0.29, 0.717) is 11.3 Å². The molecule has 8 heteroatoms. The van der Waals surface area contributed by atoms with Gasteiger partial charge < -0.3 is 10.1 Å². The van der Waals surface area contributed by atoms with Gasteiger partial charge in [-0.2, -0.15) is 0 Å². The first kappa shape index (κ1) is 15.7. The lowest BCUT2D eigenvalue weighted by molar-refractivity contribution is -0.126. The Kier molecular flexibility index (Phi) is 5.08. The number of halogens is 1. The molecule has 0 aromatic heterocycles. The molecule has 0 radical (unpaired) electrons. The number of nitrogens with one attached hydrogen (secondary N) is 1. The molecule has 0 bridgehead atoms. The summed E-state index contributed by atoms with van der Waals surface area (Å²) in [5, 5.41) is 1.96. The van der Waals surface area contributed by atoms with Crippen LogP contribution < -0.4 is 5.32 Å². The standard InChI is InChI=1S/C13H13ClN2O4S/c1-20-12(18)8-2-4-9(5-3-8)15-10-11(17)16(7-6-14)13(19)21-10/h2-5,10,15H,6-7H2,1H3/t10-/m1/s1. The number of esters is 1. The Morgan fingerprint density at radius 2 is 2.05 bits per heavy atom. The highest BCUT2D eigenvalue weighted by atomic mass is 35.5. The second kappa shape index (κ2) is 6.82. The zero-order valence-corrected chi connectivity index (χ0v) is 12.7. The van der Waals surface area contributed by atoms with Crippen LogP contribution in [0.15, 0.2) is 24.3 Å². The van der Waals surface area contributed by atoms with E-state index in [1.54, 1.807) is 24.3 Å². The number of alkyl halides is 1. The van der Waals surface area contributed by atoms with Gasteiger partial charge in [-0.25, -0.2) is 4.79 Å². The van der Waals surface area contributed by atoms with Crippen molar-refractivity contribution >= 4 is 46.2 Å². The molecule has 1 N–H and O–H groups in total. The number of anilines is 1. The molecule has 1 fully saturated rings. The van der Waals surface area contributed by atoms with E-state index in [2.05, 4.69) is 10.1 Å². The van der Waals surface area contributed by atoms with Crippen LogP contribution in [-0.4, -0.2) is 46.9 Å². The van der Waals surface area contributed by atoms with Crippen LogP contribution >= 0.6 is 23.4 Å². The van der Waals surface area contributed by atoms with Gasteiger partial charge in [-0.05, 0) is 36.0 Å². The van der Waals surface area contributed by atoms with Crippen LogP contribution in [0.1, 0.15) is 10.4 Å². The summed E-state index contributed by atoms with van der Waals surface area (Å²) in [7, 11) is 1.30. The fraction of sp³-hybridized carbons (Fsp3) is 0.308.